The smallest absolute Gasteiger partial charge is 0.325 e. The van der Waals surface area contributed by atoms with Crippen LogP contribution in [0.25, 0.3) is 0 Å². The molecule has 1 aliphatic heterocycles. The molecule has 1 saturated heterocycles. The van der Waals surface area contributed by atoms with Gasteiger partial charge < -0.3 is 15.4 Å². The molecule has 0 bridgehead atoms. The summed E-state index contributed by atoms with van der Waals surface area (Å²) in [5, 5.41) is 5.73. The molecule has 7 nitrogen and oxygen atoms in total. The van der Waals surface area contributed by atoms with Gasteiger partial charge in [0.25, 0.3) is 5.91 Å². The normalized spacial score (nSPS) is 20.5. The topological polar surface area (TPSA) is 87.7 Å². The van der Waals surface area contributed by atoms with E-state index in [2.05, 4.69) is 10.6 Å². The summed E-state index contributed by atoms with van der Waals surface area (Å²) < 4.78 is 5.11. The van der Waals surface area contributed by atoms with Gasteiger partial charge in [-0.1, -0.05) is 31.4 Å². The van der Waals surface area contributed by atoms with Crippen LogP contribution in [0.4, 0.5) is 4.79 Å². The molecule has 0 radical (unpaired) electrons. The summed E-state index contributed by atoms with van der Waals surface area (Å²) in [6.45, 7) is 0.208. The van der Waals surface area contributed by atoms with Gasteiger partial charge in [-0.15, -0.1) is 0 Å². The van der Waals surface area contributed by atoms with Crippen LogP contribution in [0.5, 0.6) is 5.75 Å². The van der Waals surface area contributed by atoms with E-state index in [1.807, 2.05) is 12.1 Å². The first-order chi connectivity index (χ1) is 13.1. The molecule has 0 unspecified atom stereocenters. The lowest BCUT2D eigenvalue weighted by Gasteiger charge is -2.22. The van der Waals surface area contributed by atoms with Gasteiger partial charge in [-0.05, 0) is 37.0 Å². The van der Waals surface area contributed by atoms with Crippen molar-refractivity contribution in [2.75, 3.05) is 7.11 Å². The Hall–Kier alpha value is -2.57. The lowest BCUT2D eigenvalue weighted by Crippen LogP contribution is -2.37. The Morgan fingerprint density at radius 1 is 1.19 bits per heavy atom. The molecule has 2 fully saturated rings. The molecule has 1 saturated carbocycles. The minimum atomic E-state index is -0.632. The first kappa shape index (κ1) is 19.2. The third kappa shape index (κ3) is 4.99. The minimum absolute atomic E-state index is 0.0439. The minimum Gasteiger partial charge on any atom is -0.497 e. The number of hydrogen-bond donors (Lipinski definition) is 2. The van der Waals surface area contributed by atoms with Crippen LogP contribution in [0.2, 0.25) is 0 Å². The average Bonchev–Trinajstić information content (AvgIpc) is 2.95. The zero-order chi connectivity index (χ0) is 19.2. The fourth-order valence-corrected chi connectivity index (χ4v) is 3.66. The van der Waals surface area contributed by atoms with E-state index in [4.69, 9.17) is 4.74 Å². The van der Waals surface area contributed by atoms with Gasteiger partial charge in [0.05, 0.1) is 13.7 Å². The predicted octanol–water partition coefficient (Wildman–Crippen LogP) is 2.34. The second kappa shape index (κ2) is 8.88. The van der Waals surface area contributed by atoms with E-state index in [9.17, 15) is 14.4 Å². The van der Waals surface area contributed by atoms with Crippen molar-refractivity contribution in [1.82, 2.24) is 15.5 Å². The standard InChI is InChI=1S/C20H27N3O4/c1-27-16-9-7-14(8-10-16)13-23-19(25)17(22-20(23)26)11-12-18(24)21-15-5-3-2-4-6-15/h7-10,15,17H,2-6,11-13H2,1H3,(H,21,24)(H,22,26)/t17-/m0/s1. The molecule has 2 N–H and O–H groups in total. The fraction of sp³-hybridized carbons (Fsp3) is 0.550. The fourth-order valence-electron chi connectivity index (χ4n) is 3.66. The second-order valence-corrected chi connectivity index (χ2v) is 7.22. The van der Waals surface area contributed by atoms with Crippen molar-refractivity contribution in [1.29, 1.82) is 0 Å². The van der Waals surface area contributed by atoms with E-state index in [0.29, 0.717) is 6.42 Å². The molecule has 7 heteroatoms. The number of carbonyl (C=O) groups excluding carboxylic acids is 3. The van der Waals surface area contributed by atoms with Crippen molar-refractivity contribution in [3.8, 4) is 5.75 Å². The van der Waals surface area contributed by atoms with Crippen LogP contribution in [0.3, 0.4) is 0 Å². The molecule has 1 aromatic carbocycles. The average molecular weight is 373 g/mol. The summed E-state index contributed by atoms with van der Waals surface area (Å²) in [6, 6.07) is 6.45. The lowest BCUT2D eigenvalue weighted by molar-refractivity contribution is -0.128. The Morgan fingerprint density at radius 2 is 1.89 bits per heavy atom. The van der Waals surface area contributed by atoms with E-state index < -0.39 is 12.1 Å². The van der Waals surface area contributed by atoms with Crippen LogP contribution in [0.1, 0.15) is 50.5 Å². The Balaban J connectivity index is 1.48. The molecule has 3 rings (SSSR count). The van der Waals surface area contributed by atoms with Crippen molar-refractivity contribution in [2.45, 2.75) is 63.6 Å². The van der Waals surface area contributed by atoms with Gasteiger partial charge in [0.15, 0.2) is 0 Å². The van der Waals surface area contributed by atoms with Gasteiger partial charge >= 0.3 is 6.03 Å². The lowest BCUT2D eigenvalue weighted by atomic mass is 9.95. The number of urea groups is 1. The molecular weight excluding hydrogens is 346 g/mol. The van der Waals surface area contributed by atoms with E-state index in [1.54, 1.807) is 19.2 Å². The summed E-state index contributed by atoms with van der Waals surface area (Å²) in [5.41, 5.74) is 0.843. The van der Waals surface area contributed by atoms with Crippen molar-refractivity contribution in [2.24, 2.45) is 0 Å². The van der Waals surface area contributed by atoms with Crippen molar-refractivity contribution >= 4 is 17.8 Å². The Labute approximate surface area is 159 Å². The van der Waals surface area contributed by atoms with Crippen LogP contribution >= 0.6 is 0 Å². The number of carbonyl (C=O) groups is 3. The second-order valence-electron chi connectivity index (χ2n) is 7.22. The van der Waals surface area contributed by atoms with Gasteiger partial charge in [-0.25, -0.2) is 4.79 Å². The molecule has 1 aromatic rings. The van der Waals surface area contributed by atoms with Gasteiger partial charge in [0, 0.05) is 12.5 Å². The summed E-state index contributed by atoms with van der Waals surface area (Å²) in [4.78, 5) is 38.0. The highest BCUT2D eigenvalue weighted by Gasteiger charge is 2.37. The number of nitrogens with one attached hydrogen (secondary N) is 2. The van der Waals surface area contributed by atoms with Gasteiger partial charge in [0.1, 0.15) is 11.8 Å². The van der Waals surface area contributed by atoms with E-state index in [1.165, 1.54) is 11.3 Å². The van der Waals surface area contributed by atoms with Gasteiger partial charge in [-0.3, -0.25) is 14.5 Å². The van der Waals surface area contributed by atoms with Crippen LogP contribution in [-0.4, -0.2) is 41.9 Å². The molecule has 0 aromatic heterocycles. The monoisotopic (exact) mass is 373 g/mol. The van der Waals surface area contributed by atoms with E-state index >= 15 is 0 Å². The van der Waals surface area contributed by atoms with E-state index in [0.717, 1.165) is 37.0 Å². The number of benzene rings is 1. The molecule has 1 heterocycles. The molecule has 1 atom stereocenters. The highest BCUT2D eigenvalue weighted by Crippen LogP contribution is 2.19. The maximum Gasteiger partial charge on any atom is 0.325 e. The SMILES string of the molecule is COc1ccc(CN2C(=O)N[C@@H](CCC(=O)NC3CCCCC3)C2=O)cc1. The molecular formula is C20H27N3O4. The molecule has 27 heavy (non-hydrogen) atoms. The third-order valence-corrected chi connectivity index (χ3v) is 5.24. The third-order valence-electron chi connectivity index (χ3n) is 5.24. The zero-order valence-corrected chi connectivity index (χ0v) is 15.7. The number of hydrogen-bond acceptors (Lipinski definition) is 4. The molecule has 4 amide bonds. The van der Waals surface area contributed by atoms with Crippen molar-refractivity contribution < 1.29 is 19.1 Å². The molecule has 0 spiro atoms. The summed E-state index contributed by atoms with van der Waals surface area (Å²) in [5.74, 6) is 0.400. The number of rotatable bonds is 7. The summed E-state index contributed by atoms with van der Waals surface area (Å²) in [6.07, 6.45) is 6.16. The largest absolute Gasteiger partial charge is 0.497 e. The number of amides is 4. The maximum absolute atomic E-state index is 12.5. The van der Waals surface area contributed by atoms with Crippen LogP contribution in [0, 0.1) is 0 Å². The maximum atomic E-state index is 12.5. The van der Waals surface area contributed by atoms with Crippen LogP contribution in [-0.2, 0) is 16.1 Å². The number of nitrogens with zero attached hydrogens (tertiary/aromatic N) is 1. The van der Waals surface area contributed by atoms with Gasteiger partial charge in [-0.2, -0.15) is 0 Å². The zero-order valence-electron chi connectivity index (χ0n) is 15.7. The Morgan fingerprint density at radius 3 is 2.56 bits per heavy atom. The molecule has 146 valence electrons. The van der Waals surface area contributed by atoms with Crippen molar-refractivity contribution in [3.63, 3.8) is 0 Å². The summed E-state index contributed by atoms with van der Waals surface area (Å²) >= 11 is 0. The quantitative estimate of drug-likeness (QED) is 0.718. The van der Waals surface area contributed by atoms with E-state index in [-0.39, 0.29) is 30.8 Å². The van der Waals surface area contributed by atoms with Gasteiger partial charge in [0.2, 0.25) is 5.91 Å². The number of methoxy groups -OCH3 is 1. The number of imide groups is 1. The van der Waals surface area contributed by atoms with Crippen molar-refractivity contribution in [3.05, 3.63) is 29.8 Å². The highest BCUT2D eigenvalue weighted by atomic mass is 16.5. The summed E-state index contributed by atoms with van der Waals surface area (Å²) in [7, 11) is 1.58. The Kier molecular flexibility index (Phi) is 6.32. The molecule has 1 aliphatic carbocycles. The first-order valence-electron chi connectivity index (χ1n) is 9.61. The van der Waals surface area contributed by atoms with Crippen LogP contribution in [0.15, 0.2) is 24.3 Å². The first-order valence-corrected chi connectivity index (χ1v) is 9.61. The molecule has 2 aliphatic rings. The highest BCUT2D eigenvalue weighted by molar-refractivity contribution is 6.04. The van der Waals surface area contributed by atoms with Crippen LogP contribution < -0.4 is 15.4 Å². The number of ether oxygens (including phenoxy) is 1. The predicted molar refractivity (Wildman–Crippen MR) is 100 cm³/mol. The Bertz CT molecular complexity index is 683.